The number of hydrogen-bond acceptors (Lipinski definition) is 8. The molecule has 1 unspecified atom stereocenters. The van der Waals surface area contributed by atoms with Crippen molar-refractivity contribution in [1.29, 1.82) is 0 Å². The lowest BCUT2D eigenvalue weighted by atomic mass is 9.87. The average molecular weight is 671 g/mol. The number of halogens is 6. The van der Waals surface area contributed by atoms with Gasteiger partial charge in [0.05, 0.1) is 30.9 Å². The number of piperidine rings is 1. The summed E-state index contributed by atoms with van der Waals surface area (Å²) in [6.45, 7) is 3.18. The molecule has 0 N–H and O–H groups in total. The number of carbonyl (C=O) groups excluding carboxylic acids is 2. The fraction of sp³-hybridized carbons (Fsp3) is 0.516. The molecule has 3 aromatic rings. The monoisotopic (exact) mass is 670 g/mol. The van der Waals surface area contributed by atoms with E-state index in [1.165, 1.54) is 19.5 Å². The van der Waals surface area contributed by atoms with Gasteiger partial charge in [-0.2, -0.15) is 31.4 Å². The third-order valence-corrected chi connectivity index (χ3v) is 8.16. The summed E-state index contributed by atoms with van der Waals surface area (Å²) < 4.78 is 94.0. The molecule has 16 heteroatoms. The fourth-order valence-electron chi connectivity index (χ4n) is 5.79. The molecule has 0 spiro atoms. The van der Waals surface area contributed by atoms with Crippen molar-refractivity contribution in [2.45, 2.75) is 83.0 Å². The molecule has 1 aliphatic heterocycles. The van der Waals surface area contributed by atoms with E-state index in [4.69, 9.17) is 4.74 Å². The average Bonchev–Trinajstić information content (AvgIpc) is 3.47. The zero-order valence-electron chi connectivity index (χ0n) is 26.3. The summed E-state index contributed by atoms with van der Waals surface area (Å²) >= 11 is 0. The van der Waals surface area contributed by atoms with Crippen LogP contribution < -0.4 is 4.90 Å². The lowest BCUT2D eigenvalue weighted by molar-refractivity contribution is -0.143. The van der Waals surface area contributed by atoms with Crippen LogP contribution in [0.1, 0.15) is 62.6 Å². The van der Waals surface area contributed by atoms with Gasteiger partial charge in [0.1, 0.15) is 6.61 Å². The molecule has 1 saturated heterocycles. The van der Waals surface area contributed by atoms with Crippen molar-refractivity contribution in [2.75, 3.05) is 18.6 Å². The third kappa shape index (κ3) is 8.71. The Kier molecular flexibility index (Phi) is 11.0. The second-order valence-corrected chi connectivity index (χ2v) is 11.3. The molecule has 2 aromatic heterocycles. The summed E-state index contributed by atoms with van der Waals surface area (Å²) in [6.07, 6.45) is -2.81. The van der Waals surface area contributed by atoms with Gasteiger partial charge in [0, 0.05) is 61.4 Å². The molecular weight excluding hydrogens is 634 g/mol. The zero-order chi connectivity index (χ0) is 34.5. The smallest absolute Gasteiger partial charge is 0.416 e. The number of amides is 1. The van der Waals surface area contributed by atoms with Crippen molar-refractivity contribution >= 4 is 18.0 Å². The van der Waals surface area contributed by atoms with Crippen LogP contribution in [0, 0.1) is 0 Å². The summed E-state index contributed by atoms with van der Waals surface area (Å²) in [5, 5.41) is 4.13. The second kappa shape index (κ2) is 14.6. The van der Waals surface area contributed by atoms with E-state index in [-0.39, 0.29) is 37.2 Å². The summed E-state index contributed by atoms with van der Waals surface area (Å²) in [5.74, 6) is -0.434. The van der Waals surface area contributed by atoms with Crippen molar-refractivity contribution in [3.05, 3.63) is 59.7 Å². The van der Waals surface area contributed by atoms with Gasteiger partial charge in [0.15, 0.2) is 0 Å². The SMILES string of the molecule is CC[C@@H]1CC(N(Cc2cc(C(F)(F)F)cc(C(F)(F)F)c2)c2ncc(-c3cnn(C)c3)cn2)C[C@H](CC)N1C(=O)OCCC(=O)OC. The lowest BCUT2D eigenvalue weighted by Crippen LogP contribution is -2.57. The van der Waals surface area contributed by atoms with Crippen molar-refractivity contribution in [3.63, 3.8) is 0 Å². The van der Waals surface area contributed by atoms with Crippen molar-refractivity contribution in [3.8, 4) is 11.1 Å². The van der Waals surface area contributed by atoms with Gasteiger partial charge >= 0.3 is 24.4 Å². The zero-order valence-corrected chi connectivity index (χ0v) is 26.3. The molecule has 47 heavy (non-hydrogen) atoms. The van der Waals surface area contributed by atoms with Gasteiger partial charge in [0.2, 0.25) is 5.95 Å². The van der Waals surface area contributed by atoms with Crippen LogP contribution >= 0.6 is 0 Å². The molecular formula is C31H36F6N6O4. The summed E-state index contributed by atoms with van der Waals surface area (Å²) in [6, 6.07) is 0.237. The highest BCUT2D eigenvalue weighted by Gasteiger charge is 2.41. The number of methoxy groups -OCH3 is 1. The van der Waals surface area contributed by atoms with Gasteiger partial charge in [-0.3, -0.25) is 9.48 Å². The molecule has 10 nitrogen and oxygen atoms in total. The molecule has 3 heterocycles. The summed E-state index contributed by atoms with van der Waals surface area (Å²) in [5.41, 5.74) is -1.73. The van der Waals surface area contributed by atoms with Crippen LogP contribution in [0.5, 0.6) is 0 Å². The molecule has 1 amide bonds. The number of alkyl halides is 6. The first-order valence-corrected chi connectivity index (χ1v) is 15.0. The van der Waals surface area contributed by atoms with E-state index in [0.717, 1.165) is 5.56 Å². The van der Waals surface area contributed by atoms with E-state index in [9.17, 15) is 35.9 Å². The number of ether oxygens (including phenoxy) is 2. The summed E-state index contributed by atoms with van der Waals surface area (Å²) in [4.78, 5) is 36.8. The molecule has 1 aromatic carbocycles. The predicted molar refractivity (Wildman–Crippen MR) is 158 cm³/mol. The highest BCUT2D eigenvalue weighted by Crippen LogP contribution is 2.38. The maximum Gasteiger partial charge on any atom is 0.416 e. The van der Waals surface area contributed by atoms with Crippen LogP contribution in [-0.2, 0) is 40.2 Å². The molecule has 3 atom stereocenters. The molecule has 1 fully saturated rings. The maximum absolute atomic E-state index is 13.7. The predicted octanol–water partition coefficient (Wildman–Crippen LogP) is 6.64. The number of anilines is 1. The van der Waals surface area contributed by atoms with Gasteiger partial charge < -0.3 is 19.3 Å². The Bertz CT molecular complexity index is 1480. The van der Waals surface area contributed by atoms with Crippen LogP contribution in [-0.4, -0.2) is 68.6 Å². The fourth-order valence-corrected chi connectivity index (χ4v) is 5.79. The number of aryl methyl sites for hydroxylation is 1. The number of aromatic nitrogens is 4. The number of rotatable bonds is 10. The molecule has 256 valence electrons. The minimum atomic E-state index is -5.01. The Balaban J connectivity index is 1.71. The largest absolute Gasteiger partial charge is 0.469 e. The first-order chi connectivity index (χ1) is 22.1. The van der Waals surface area contributed by atoms with Crippen LogP contribution in [0.2, 0.25) is 0 Å². The highest BCUT2D eigenvalue weighted by atomic mass is 19.4. The molecule has 0 aliphatic carbocycles. The van der Waals surface area contributed by atoms with Gasteiger partial charge in [-0.25, -0.2) is 14.8 Å². The Morgan fingerprint density at radius 3 is 1.96 bits per heavy atom. The minimum absolute atomic E-state index is 0.0948. The Hall–Kier alpha value is -4.37. The molecule has 0 saturated carbocycles. The summed E-state index contributed by atoms with van der Waals surface area (Å²) in [7, 11) is 2.96. The van der Waals surface area contributed by atoms with Crippen molar-refractivity contribution in [1.82, 2.24) is 24.6 Å². The standard InChI is InChI=1S/C31H36F6N6O4/c1-5-24-12-26(13-25(6-2)43(24)29(45)47-8-7-27(44)46-4)42(28-38-14-20(15-39-28)21-16-40-41(3)18-21)17-19-9-22(30(32,33)34)11-23(10-19)31(35,36)37/h9-11,14-16,18,24-26H,5-8,12-13,17H2,1-4H3/t24-,25+,26?. The molecule has 1 aliphatic rings. The van der Waals surface area contributed by atoms with Crippen LogP contribution in [0.3, 0.4) is 0 Å². The first-order valence-electron chi connectivity index (χ1n) is 15.0. The number of benzene rings is 1. The topological polar surface area (TPSA) is 103 Å². The van der Waals surface area contributed by atoms with Crippen molar-refractivity contribution in [2.24, 2.45) is 7.05 Å². The molecule has 0 bridgehead atoms. The van der Waals surface area contributed by atoms with Crippen LogP contribution in [0.4, 0.5) is 37.1 Å². The Morgan fingerprint density at radius 2 is 1.49 bits per heavy atom. The maximum atomic E-state index is 13.7. The van der Waals surface area contributed by atoms with Crippen LogP contribution in [0.15, 0.2) is 43.0 Å². The number of carbonyl (C=O) groups is 2. The number of hydrogen-bond donors (Lipinski definition) is 0. The Labute approximate surface area is 267 Å². The van der Waals surface area contributed by atoms with E-state index < -0.39 is 53.7 Å². The first kappa shape index (κ1) is 35.5. The third-order valence-electron chi connectivity index (χ3n) is 8.16. The number of nitrogens with zero attached hydrogens (tertiary/aromatic N) is 6. The highest BCUT2D eigenvalue weighted by molar-refractivity contribution is 5.71. The van der Waals surface area contributed by atoms with E-state index >= 15 is 0 Å². The van der Waals surface area contributed by atoms with E-state index in [2.05, 4.69) is 19.8 Å². The second-order valence-electron chi connectivity index (χ2n) is 11.3. The van der Waals surface area contributed by atoms with Gasteiger partial charge in [-0.1, -0.05) is 13.8 Å². The van der Waals surface area contributed by atoms with Gasteiger partial charge in [-0.05, 0) is 49.4 Å². The number of likely N-dealkylation sites (tertiary alicyclic amines) is 1. The van der Waals surface area contributed by atoms with Crippen molar-refractivity contribution < 1.29 is 45.4 Å². The van der Waals surface area contributed by atoms with E-state index in [1.807, 2.05) is 13.8 Å². The lowest BCUT2D eigenvalue weighted by Gasteiger charge is -2.47. The quantitative estimate of drug-likeness (QED) is 0.175. The molecule has 0 radical (unpaired) electrons. The van der Waals surface area contributed by atoms with E-state index in [0.29, 0.717) is 43.4 Å². The van der Waals surface area contributed by atoms with Crippen LogP contribution in [0.25, 0.3) is 11.1 Å². The molecule has 4 rings (SSSR count). The van der Waals surface area contributed by atoms with Gasteiger partial charge in [-0.15, -0.1) is 0 Å². The normalized spacial score (nSPS) is 18.6. The van der Waals surface area contributed by atoms with Gasteiger partial charge in [0.25, 0.3) is 0 Å². The Morgan fingerprint density at radius 1 is 0.915 bits per heavy atom. The van der Waals surface area contributed by atoms with E-state index in [1.54, 1.807) is 33.9 Å². The minimum Gasteiger partial charge on any atom is -0.469 e. The number of esters is 1.